The molecule has 3 nitrogen and oxygen atoms in total. The standard InChI is InChI=1S/C8H17NO2S/c1-7(9)4-5-8-3-2-6-12(8,10)11/h7-8H,2-6,9H2,1H3. The largest absolute Gasteiger partial charge is 0.328 e. The number of hydrogen-bond acceptors (Lipinski definition) is 3. The molecule has 12 heavy (non-hydrogen) atoms. The average Bonchev–Trinajstić information content (AvgIpc) is 2.25. The number of nitrogens with two attached hydrogens (primary N) is 1. The highest BCUT2D eigenvalue weighted by Crippen LogP contribution is 2.24. The van der Waals surface area contributed by atoms with Gasteiger partial charge >= 0.3 is 0 Å². The van der Waals surface area contributed by atoms with Gasteiger partial charge in [0.2, 0.25) is 0 Å². The number of hydrogen-bond donors (Lipinski definition) is 1. The lowest BCUT2D eigenvalue weighted by atomic mass is 10.1. The second-order valence-corrected chi connectivity index (χ2v) is 6.09. The fraction of sp³-hybridized carbons (Fsp3) is 1.00. The van der Waals surface area contributed by atoms with Crippen molar-refractivity contribution in [3.8, 4) is 0 Å². The maximum atomic E-state index is 11.3. The summed E-state index contributed by atoms with van der Waals surface area (Å²) in [5.74, 6) is 0.386. The average molecular weight is 191 g/mol. The topological polar surface area (TPSA) is 60.2 Å². The van der Waals surface area contributed by atoms with Crippen molar-refractivity contribution in [2.45, 2.75) is 43.9 Å². The van der Waals surface area contributed by atoms with Crippen LogP contribution in [-0.2, 0) is 9.84 Å². The SMILES string of the molecule is CC(N)CCC1CCCS1(=O)=O. The van der Waals surface area contributed by atoms with E-state index in [2.05, 4.69) is 0 Å². The van der Waals surface area contributed by atoms with Crippen molar-refractivity contribution in [1.29, 1.82) is 0 Å². The Labute approximate surface area is 74.3 Å². The zero-order valence-corrected chi connectivity index (χ0v) is 8.31. The van der Waals surface area contributed by atoms with Gasteiger partial charge in [-0.3, -0.25) is 0 Å². The molecule has 1 heterocycles. The summed E-state index contributed by atoms with van der Waals surface area (Å²) >= 11 is 0. The Morgan fingerprint density at radius 1 is 1.58 bits per heavy atom. The van der Waals surface area contributed by atoms with Gasteiger partial charge in [-0.05, 0) is 32.6 Å². The smallest absolute Gasteiger partial charge is 0.153 e. The van der Waals surface area contributed by atoms with Crippen LogP contribution in [0, 0.1) is 0 Å². The normalized spacial score (nSPS) is 30.3. The van der Waals surface area contributed by atoms with Crippen LogP contribution in [0.25, 0.3) is 0 Å². The Balaban J connectivity index is 2.43. The number of sulfone groups is 1. The van der Waals surface area contributed by atoms with Gasteiger partial charge in [-0.15, -0.1) is 0 Å². The van der Waals surface area contributed by atoms with Gasteiger partial charge in [-0.25, -0.2) is 8.42 Å². The van der Waals surface area contributed by atoms with Crippen molar-refractivity contribution in [2.24, 2.45) is 5.73 Å². The van der Waals surface area contributed by atoms with Crippen molar-refractivity contribution in [3.63, 3.8) is 0 Å². The molecular formula is C8H17NO2S. The molecule has 2 N–H and O–H groups in total. The highest BCUT2D eigenvalue weighted by atomic mass is 32.2. The lowest BCUT2D eigenvalue weighted by Crippen LogP contribution is -2.21. The third kappa shape index (κ3) is 2.45. The lowest BCUT2D eigenvalue weighted by Gasteiger charge is -2.10. The van der Waals surface area contributed by atoms with Crippen LogP contribution >= 0.6 is 0 Å². The molecule has 1 aliphatic heterocycles. The molecule has 72 valence electrons. The zero-order chi connectivity index (χ0) is 9.19. The summed E-state index contributed by atoms with van der Waals surface area (Å²) in [6, 6.07) is 0.126. The predicted molar refractivity (Wildman–Crippen MR) is 49.7 cm³/mol. The highest BCUT2D eigenvalue weighted by molar-refractivity contribution is 7.92. The minimum absolute atomic E-state index is 0.0940. The van der Waals surface area contributed by atoms with Gasteiger partial charge < -0.3 is 5.73 Å². The van der Waals surface area contributed by atoms with Crippen LogP contribution in [0.3, 0.4) is 0 Å². The Kier molecular flexibility index (Phi) is 3.12. The predicted octanol–water partition coefficient (Wildman–Crippen LogP) is 0.691. The second kappa shape index (κ2) is 3.75. The molecule has 0 aromatic heterocycles. The molecule has 1 aliphatic rings. The summed E-state index contributed by atoms with van der Waals surface area (Å²) in [5.41, 5.74) is 5.56. The van der Waals surface area contributed by atoms with Gasteiger partial charge in [-0.1, -0.05) is 0 Å². The molecule has 1 saturated heterocycles. The first kappa shape index (κ1) is 9.99. The van der Waals surface area contributed by atoms with Crippen LogP contribution < -0.4 is 5.73 Å². The van der Waals surface area contributed by atoms with Crippen LogP contribution in [-0.4, -0.2) is 25.5 Å². The molecule has 0 amide bonds. The van der Waals surface area contributed by atoms with Crippen molar-refractivity contribution < 1.29 is 8.42 Å². The number of rotatable bonds is 3. The molecule has 0 radical (unpaired) electrons. The minimum Gasteiger partial charge on any atom is -0.328 e. The second-order valence-electron chi connectivity index (χ2n) is 3.69. The van der Waals surface area contributed by atoms with E-state index >= 15 is 0 Å². The molecule has 0 aromatic rings. The quantitative estimate of drug-likeness (QED) is 0.714. The first-order valence-corrected chi connectivity index (χ1v) is 6.21. The van der Waals surface area contributed by atoms with Gasteiger partial charge in [-0.2, -0.15) is 0 Å². The highest BCUT2D eigenvalue weighted by Gasteiger charge is 2.30. The fourth-order valence-corrected chi connectivity index (χ4v) is 3.55. The molecule has 1 rings (SSSR count). The van der Waals surface area contributed by atoms with E-state index in [1.165, 1.54) is 0 Å². The molecule has 0 saturated carbocycles. The maximum Gasteiger partial charge on any atom is 0.153 e. The summed E-state index contributed by atoms with van der Waals surface area (Å²) in [6.07, 6.45) is 3.25. The molecule has 0 aliphatic carbocycles. The van der Waals surface area contributed by atoms with Crippen LogP contribution in [0.15, 0.2) is 0 Å². The summed E-state index contributed by atoms with van der Waals surface area (Å²) in [6.45, 7) is 1.92. The zero-order valence-electron chi connectivity index (χ0n) is 7.49. The van der Waals surface area contributed by atoms with Crippen molar-refractivity contribution in [1.82, 2.24) is 0 Å². The molecule has 0 aromatic carbocycles. The fourth-order valence-electron chi connectivity index (χ4n) is 1.63. The molecule has 0 spiro atoms. The maximum absolute atomic E-state index is 11.3. The molecule has 2 atom stereocenters. The van der Waals surface area contributed by atoms with Crippen molar-refractivity contribution in [2.75, 3.05) is 5.75 Å². The van der Waals surface area contributed by atoms with Gasteiger partial charge in [0.15, 0.2) is 9.84 Å². The lowest BCUT2D eigenvalue weighted by molar-refractivity contribution is 0.557. The molecule has 2 unspecified atom stereocenters. The molecule has 0 bridgehead atoms. The van der Waals surface area contributed by atoms with Crippen LogP contribution in [0.2, 0.25) is 0 Å². The van der Waals surface area contributed by atoms with E-state index in [0.717, 1.165) is 25.7 Å². The summed E-state index contributed by atoms with van der Waals surface area (Å²) in [5, 5.41) is -0.0940. The van der Waals surface area contributed by atoms with E-state index in [-0.39, 0.29) is 11.3 Å². The minimum atomic E-state index is -2.74. The van der Waals surface area contributed by atoms with E-state index in [9.17, 15) is 8.42 Å². The van der Waals surface area contributed by atoms with Crippen molar-refractivity contribution >= 4 is 9.84 Å². The van der Waals surface area contributed by atoms with E-state index in [0.29, 0.717) is 5.75 Å². The third-order valence-electron chi connectivity index (χ3n) is 2.41. The summed E-state index contributed by atoms with van der Waals surface area (Å²) in [4.78, 5) is 0. The molecule has 4 heteroatoms. The Morgan fingerprint density at radius 2 is 2.25 bits per heavy atom. The van der Waals surface area contributed by atoms with E-state index in [4.69, 9.17) is 5.73 Å². The van der Waals surface area contributed by atoms with Crippen LogP contribution in [0.5, 0.6) is 0 Å². The van der Waals surface area contributed by atoms with E-state index in [1.807, 2.05) is 6.92 Å². The first-order chi connectivity index (χ1) is 5.52. The summed E-state index contributed by atoms with van der Waals surface area (Å²) in [7, 11) is -2.74. The third-order valence-corrected chi connectivity index (χ3v) is 4.75. The molecular weight excluding hydrogens is 174 g/mol. The van der Waals surface area contributed by atoms with Gasteiger partial charge in [0.05, 0.1) is 11.0 Å². The summed E-state index contributed by atoms with van der Waals surface area (Å²) < 4.78 is 22.7. The van der Waals surface area contributed by atoms with Crippen LogP contribution in [0.4, 0.5) is 0 Å². The van der Waals surface area contributed by atoms with Gasteiger partial charge in [0.1, 0.15) is 0 Å². The monoisotopic (exact) mass is 191 g/mol. The van der Waals surface area contributed by atoms with E-state index < -0.39 is 9.84 Å². The Bertz CT molecular complexity index is 233. The first-order valence-electron chi connectivity index (χ1n) is 4.49. The van der Waals surface area contributed by atoms with Crippen LogP contribution in [0.1, 0.15) is 32.6 Å². The Morgan fingerprint density at radius 3 is 2.67 bits per heavy atom. The van der Waals surface area contributed by atoms with Gasteiger partial charge in [0, 0.05) is 6.04 Å². The van der Waals surface area contributed by atoms with E-state index in [1.54, 1.807) is 0 Å². The molecule has 1 fully saturated rings. The van der Waals surface area contributed by atoms with Gasteiger partial charge in [0.25, 0.3) is 0 Å². The Hall–Kier alpha value is -0.0900. The van der Waals surface area contributed by atoms with Crippen molar-refractivity contribution in [3.05, 3.63) is 0 Å².